The first-order valence-electron chi connectivity index (χ1n) is 7.94. The molecule has 130 valence electrons. The first kappa shape index (κ1) is 19.0. The molecule has 0 aliphatic carbocycles. The molecule has 3 rings (SSSR count). The zero-order chi connectivity index (χ0) is 16.2. The molecule has 5 nitrogen and oxygen atoms in total. The van der Waals surface area contributed by atoms with E-state index in [-0.39, 0.29) is 18.3 Å². The molecule has 1 atom stereocenters. The van der Waals surface area contributed by atoms with Gasteiger partial charge in [0.1, 0.15) is 0 Å². The molecule has 1 saturated heterocycles. The van der Waals surface area contributed by atoms with Crippen LogP contribution in [-0.2, 0) is 0 Å². The second kappa shape index (κ2) is 8.65. The number of halogens is 2. The predicted octanol–water partition coefficient (Wildman–Crippen LogP) is 3.09. The molecule has 0 bridgehead atoms. The van der Waals surface area contributed by atoms with Crippen molar-refractivity contribution < 1.29 is 4.79 Å². The molecule has 2 N–H and O–H groups in total. The zero-order valence-electron chi connectivity index (χ0n) is 13.6. The Bertz CT molecular complexity index is 698. The molecule has 0 saturated carbocycles. The van der Waals surface area contributed by atoms with Crippen LogP contribution in [-0.4, -0.2) is 35.3 Å². The number of hydrogen-bond acceptors (Lipinski definition) is 3. The fourth-order valence-electron chi connectivity index (χ4n) is 2.93. The number of nitrogens with one attached hydrogen (secondary N) is 2. The van der Waals surface area contributed by atoms with Crippen LogP contribution in [0, 0.1) is 12.8 Å². The van der Waals surface area contributed by atoms with E-state index >= 15 is 0 Å². The average Bonchev–Trinajstić information content (AvgIpc) is 2.95. The highest BCUT2D eigenvalue weighted by atomic mass is 79.9. The van der Waals surface area contributed by atoms with E-state index in [2.05, 4.69) is 31.7 Å². The molecule has 7 heteroatoms. The Morgan fingerprint density at radius 1 is 1.50 bits per heavy atom. The van der Waals surface area contributed by atoms with Gasteiger partial charge in [0, 0.05) is 11.0 Å². The van der Waals surface area contributed by atoms with Crippen LogP contribution in [0.1, 0.15) is 28.9 Å². The fourth-order valence-corrected chi connectivity index (χ4v) is 3.32. The minimum Gasteiger partial charge on any atom is -0.352 e. The molecule has 1 aromatic heterocycles. The predicted molar refractivity (Wildman–Crippen MR) is 101 cm³/mol. The normalized spacial score (nSPS) is 17.2. The second-order valence-electron chi connectivity index (χ2n) is 5.96. The molecule has 1 amide bonds. The Morgan fingerprint density at radius 3 is 3.04 bits per heavy atom. The van der Waals surface area contributed by atoms with Gasteiger partial charge < -0.3 is 10.6 Å². The number of amides is 1. The molecule has 1 aliphatic heterocycles. The summed E-state index contributed by atoms with van der Waals surface area (Å²) in [6, 6.07) is 7.88. The van der Waals surface area contributed by atoms with Gasteiger partial charge in [-0.25, -0.2) is 4.68 Å². The molecule has 2 heterocycles. The van der Waals surface area contributed by atoms with Crippen LogP contribution in [0.15, 0.2) is 34.9 Å². The number of nitrogens with zero attached hydrogens (tertiary/aromatic N) is 2. The van der Waals surface area contributed by atoms with Crippen molar-refractivity contribution >= 4 is 34.2 Å². The molecule has 0 spiro atoms. The van der Waals surface area contributed by atoms with Gasteiger partial charge in [-0.1, -0.05) is 22.0 Å². The van der Waals surface area contributed by atoms with Gasteiger partial charge in [0.2, 0.25) is 0 Å². The molecule has 2 aromatic rings. The summed E-state index contributed by atoms with van der Waals surface area (Å²) in [5, 5.41) is 10.8. The summed E-state index contributed by atoms with van der Waals surface area (Å²) in [4.78, 5) is 12.4. The van der Waals surface area contributed by atoms with E-state index in [0.717, 1.165) is 28.9 Å². The van der Waals surface area contributed by atoms with Crippen LogP contribution in [0.25, 0.3) is 5.69 Å². The zero-order valence-corrected chi connectivity index (χ0v) is 16.0. The lowest BCUT2D eigenvalue weighted by atomic mass is 10.00. The molecular formula is C17H22BrClN4O. The third-order valence-electron chi connectivity index (χ3n) is 4.26. The Hall–Kier alpha value is -1.37. The molecule has 24 heavy (non-hydrogen) atoms. The highest BCUT2D eigenvalue weighted by Gasteiger charge is 2.18. The van der Waals surface area contributed by atoms with Crippen molar-refractivity contribution in [1.29, 1.82) is 0 Å². The Kier molecular flexibility index (Phi) is 6.83. The summed E-state index contributed by atoms with van der Waals surface area (Å²) < 4.78 is 2.78. The smallest absolute Gasteiger partial charge is 0.254 e. The first-order chi connectivity index (χ1) is 11.1. The van der Waals surface area contributed by atoms with E-state index in [1.165, 1.54) is 12.8 Å². The van der Waals surface area contributed by atoms with Crippen molar-refractivity contribution in [3.63, 3.8) is 0 Å². The largest absolute Gasteiger partial charge is 0.352 e. The monoisotopic (exact) mass is 412 g/mol. The lowest BCUT2D eigenvalue weighted by Crippen LogP contribution is -2.38. The maximum Gasteiger partial charge on any atom is 0.254 e. The van der Waals surface area contributed by atoms with E-state index < -0.39 is 0 Å². The van der Waals surface area contributed by atoms with Crippen molar-refractivity contribution in [3.8, 4) is 5.69 Å². The number of aromatic nitrogens is 2. The van der Waals surface area contributed by atoms with E-state index in [0.29, 0.717) is 18.0 Å². The van der Waals surface area contributed by atoms with Crippen LogP contribution in [0.5, 0.6) is 0 Å². The second-order valence-corrected chi connectivity index (χ2v) is 6.87. The maximum atomic E-state index is 12.4. The third-order valence-corrected chi connectivity index (χ3v) is 4.75. The number of carbonyl (C=O) groups is 1. The maximum absolute atomic E-state index is 12.4. The van der Waals surface area contributed by atoms with E-state index in [1.807, 2.05) is 31.2 Å². The Labute approximate surface area is 156 Å². The minimum atomic E-state index is -0.0469. The molecule has 0 radical (unpaired) electrons. The topological polar surface area (TPSA) is 59.0 Å². The van der Waals surface area contributed by atoms with Gasteiger partial charge in [-0.05, 0) is 57.0 Å². The van der Waals surface area contributed by atoms with Gasteiger partial charge in [-0.2, -0.15) is 5.10 Å². The summed E-state index contributed by atoms with van der Waals surface area (Å²) in [5.41, 5.74) is 2.42. The molecular weight excluding hydrogens is 392 g/mol. The lowest BCUT2D eigenvalue weighted by Gasteiger charge is -2.22. The van der Waals surface area contributed by atoms with Crippen molar-refractivity contribution in [2.75, 3.05) is 19.6 Å². The van der Waals surface area contributed by atoms with E-state index in [1.54, 1.807) is 10.9 Å². The van der Waals surface area contributed by atoms with Crippen LogP contribution < -0.4 is 10.6 Å². The third kappa shape index (κ3) is 4.37. The molecule has 1 aromatic carbocycles. The lowest BCUT2D eigenvalue weighted by molar-refractivity contribution is 0.0944. The van der Waals surface area contributed by atoms with Crippen molar-refractivity contribution in [3.05, 3.63) is 46.2 Å². The Morgan fingerprint density at radius 2 is 2.33 bits per heavy atom. The number of hydrogen-bond donors (Lipinski definition) is 2. The summed E-state index contributed by atoms with van der Waals surface area (Å²) in [6.45, 7) is 4.71. The molecule has 1 unspecified atom stereocenters. The van der Waals surface area contributed by atoms with Crippen molar-refractivity contribution in [2.45, 2.75) is 19.8 Å². The number of benzene rings is 1. The quantitative estimate of drug-likeness (QED) is 0.810. The first-order valence-corrected chi connectivity index (χ1v) is 8.74. The molecule has 1 fully saturated rings. The summed E-state index contributed by atoms with van der Waals surface area (Å²) in [7, 11) is 0. The van der Waals surface area contributed by atoms with Crippen LogP contribution in [0.2, 0.25) is 0 Å². The van der Waals surface area contributed by atoms with Gasteiger partial charge >= 0.3 is 0 Å². The van der Waals surface area contributed by atoms with Gasteiger partial charge in [0.25, 0.3) is 5.91 Å². The number of rotatable bonds is 4. The summed E-state index contributed by atoms with van der Waals surface area (Å²) >= 11 is 3.46. The fraction of sp³-hybridized carbons (Fsp3) is 0.412. The van der Waals surface area contributed by atoms with Gasteiger partial charge in [-0.3, -0.25) is 4.79 Å². The summed E-state index contributed by atoms with van der Waals surface area (Å²) in [6.07, 6.45) is 3.99. The highest BCUT2D eigenvalue weighted by Crippen LogP contribution is 2.18. The van der Waals surface area contributed by atoms with Gasteiger partial charge in [0.05, 0.1) is 23.1 Å². The van der Waals surface area contributed by atoms with Crippen molar-refractivity contribution in [1.82, 2.24) is 20.4 Å². The van der Waals surface area contributed by atoms with Crippen LogP contribution >= 0.6 is 28.3 Å². The van der Waals surface area contributed by atoms with Crippen molar-refractivity contribution in [2.24, 2.45) is 5.92 Å². The van der Waals surface area contributed by atoms with Gasteiger partial charge in [-0.15, -0.1) is 12.4 Å². The minimum absolute atomic E-state index is 0. The summed E-state index contributed by atoms with van der Waals surface area (Å²) in [5.74, 6) is 0.474. The SMILES string of the molecule is Cc1c(C(=O)NCC2CCCNC2)cnn1-c1cccc(Br)c1.Cl. The highest BCUT2D eigenvalue weighted by molar-refractivity contribution is 9.10. The standard InChI is InChI=1S/C17H21BrN4O.ClH/c1-12-16(17(23)20-10-13-4-3-7-19-9-13)11-21-22(12)15-6-2-5-14(18)8-15;/h2,5-6,8,11,13,19H,3-4,7,9-10H2,1H3,(H,20,23);1H. The average molecular weight is 414 g/mol. The molecule has 1 aliphatic rings. The number of carbonyl (C=O) groups excluding carboxylic acids is 1. The number of piperidine rings is 1. The van der Waals surface area contributed by atoms with Gasteiger partial charge in [0.15, 0.2) is 0 Å². The van der Waals surface area contributed by atoms with Crippen LogP contribution in [0.4, 0.5) is 0 Å². The van der Waals surface area contributed by atoms with E-state index in [9.17, 15) is 4.79 Å². The van der Waals surface area contributed by atoms with Crippen LogP contribution in [0.3, 0.4) is 0 Å². The Balaban J connectivity index is 0.00000208. The van der Waals surface area contributed by atoms with E-state index in [4.69, 9.17) is 0 Å².